The van der Waals surface area contributed by atoms with Crippen molar-refractivity contribution in [1.29, 1.82) is 0 Å². The fourth-order valence-electron chi connectivity index (χ4n) is 0.977. The number of aryl methyl sites for hydroxylation is 1. The summed E-state index contributed by atoms with van der Waals surface area (Å²) in [5, 5.41) is 5.72. The van der Waals surface area contributed by atoms with E-state index in [0.717, 1.165) is 5.56 Å². The molecule has 0 fully saturated rings. The van der Waals surface area contributed by atoms with Gasteiger partial charge >= 0.3 is 6.03 Å². The van der Waals surface area contributed by atoms with Crippen LogP contribution in [0.15, 0.2) is 18.2 Å². The molecule has 0 atom stereocenters. The van der Waals surface area contributed by atoms with Crippen LogP contribution in [0.1, 0.15) is 5.56 Å². The smallest absolute Gasteiger partial charge is 0.319 e. The van der Waals surface area contributed by atoms with E-state index in [-0.39, 0.29) is 12.6 Å². The van der Waals surface area contributed by atoms with Crippen LogP contribution in [-0.2, 0) is 0 Å². The highest BCUT2D eigenvalue weighted by atomic mass is 35.5. The zero-order chi connectivity index (χ0) is 11.3. The van der Waals surface area contributed by atoms with Crippen molar-refractivity contribution >= 4 is 23.3 Å². The number of urea groups is 1. The van der Waals surface area contributed by atoms with Crippen molar-refractivity contribution in [3.05, 3.63) is 28.8 Å². The highest BCUT2D eigenvalue weighted by Gasteiger charge is 2.01. The number of nitrogens with one attached hydrogen (secondary N) is 2. The predicted octanol–water partition coefficient (Wildman–Crippen LogP) is 2.40. The molecule has 1 rings (SSSR count). The minimum Gasteiger partial charge on any atom is -0.327 e. The molecule has 1 aromatic rings. The van der Waals surface area contributed by atoms with Crippen LogP contribution < -0.4 is 10.6 Å². The van der Waals surface area contributed by atoms with Crippen LogP contribution in [-0.4, -0.2) is 12.6 Å². The summed E-state index contributed by atoms with van der Waals surface area (Å²) in [5.74, 6) is 2.31. The number of anilines is 1. The lowest BCUT2D eigenvalue weighted by Crippen LogP contribution is -2.28. The van der Waals surface area contributed by atoms with E-state index in [0.29, 0.717) is 10.7 Å². The summed E-state index contributed by atoms with van der Waals surface area (Å²) in [6.07, 6.45) is 5.00. The Morgan fingerprint density at radius 1 is 1.60 bits per heavy atom. The van der Waals surface area contributed by atoms with Crippen molar-refractivity contribution in [3.63, 3.8) is 0 Å². The van der Waals surface area contributed by atoms with Crippen molar-refractivity contribution < 1.29 is 4.79 Å². The number of hydrogen-bond acceptors (Lipinski definition) is 1. The van der Waals surface area contributed by atoms with E-state index < -0.39 is 0 Å². The van der Waals surface area contributed by atoms with Gasteiger partial charge in [-0.1, -0.05) is 23.6 Å². The molecule has 3 nitrogen and oxygen atoms in total. The quantitative estimate of drug-likeness (QED) is 0.742. The monoisotopic (exact) mass is 222 g/mol. The predicted molar refractivity (Wildman–Crippen MR) is 62.0 cm³/mol. The van der Waals surface area contributed by atoms with Crippen molar-refractivity contribution in [2.45, 2.75) is 6.92 Å². The molecule has 0 heterocycles. The minimum absolute atomic E-state index is 0.200. The maximum absolute atomic E-state index is 11.2. The molecule has 0 aliphatic carbocycles. The number of carbonyl (C=O) groups is 1. The first kappa shape index (κ1) is 11.4. The van der Waals surface area contributed by atoms with Gasteiger partial charge in [0.2, 0.25) is 0 Å². The molecule has 2 amide bonds. The van der Waals surface area contributed by atoms with Crippen molar-refractivity contribution in [1.82, 2.24) is 5.32 Å². The summed E-state index contributed by atoms with van der Waals surface area (Å²) < 4.78 is 0. The van der Waals surface area contributed by atoms with E-state index in [2.05, 4.69) is 16.6 Å². The Morgan fingerprint density at radius 3 is 2.93 bits per heavy atom. The van der Waals surface area contributed by atoms with Crippen LogP contribution in [0.3, 0.4) is 0 Å². The molecule has 0 bridgehead atoms. The molecule has 0 unspecified atom stereocenters. The number of halogens is 1. The second-order valence-electron chi connectivity index (χ2n) is 2.98. The summed E-state index contributed by atoms with van der Waals surface area (Å²) in [7, 11) is 0. The van der Waals surface area contributed by atoms with Gasteiger partial charge in [-0.2, -0.15) is 0 Å². The van der Waals surface area contributed by atoms with Crippen molar-refractivity contribution in [2.24, 2.45) is 0 Å². The van der Waals surface area contributed by atoms with Gasteiger partial charge in [0, 0.05) is 10.7 Å². The van der Waals surface area contributed by atoms with Crippen LogP contribution in [0, 0.1) is 19.3 Å². The molecule has 4 heteroatoms. The highest BCUT2D eigenvalue weighted by Crippen LogP contribution is 2.19. The summed E-state index contributed by atoms with van der Waals surface area (Å²) in [5.41, 5.74) is 1.60. The standard InChI is InChI=1S/C11H11ClN2O/c1-3-6-13-11(15)14-9-5-4-8(2)10(12)7-9/h1,4-5,7H,6H2,2H3,(H2,13,14,15). The fraction of sp³-hybridized carbons (Fsp3) is 0.182. The Hall–Kier alpha value is -1.66. The van der Waals surface area contributed by atoms with E-state index in [9.17, 15) is 4.79 Å². The number of carbonyl (C=O) groups excluding carboxylic acids is 1. The first-order chi connectivity index (χ1) is 7.13. The number of hydrogen-bond donors (Lipinski definition) is 2. The van der Waals surface area contributed by atoms with Crippen LogP contribution >= 0.6 is 11.6 Å². The third-order valence-electron chi connectivity index (χ3n) is 1.78. The first-order valence-electron chi connectivity index (χ1n) is 4.38. The van der Waals surface area contributed by atoms with Crippen LogP contribution in [0.25, 0.3) is 0 Å². The van der Waals surface area contributed by atoms with Gasteiger partial charge in [-0.3, -0.25) is 0 Å². The molecule has 15 heavy (non-hydrogen) atoms. The average Bonchev–Trinajstić information content (AvgIpc) is 2.20. The van der Waals surface area contributed by atoms with E-state index >= 15 is 0 Å². The molecule has 0 saturated heterocycles. The zero-order valence-corrected chi connectivity index (χ0v) is 9.06. The summed E-state index contributed by atoms with van der Waals surface area (Å²) >= 11 is 5.90. The van der Waals surface area contributed by atoms with E-state index in [1.54, 1.807) is 12.1 Å². The maximum atomic E-state index is 11.2. The third kappa shape index (κ3) is 3.53. The van der Waals surface area contributed by atoms with E-state index in [1.807, 2.05) is 13.0 Å². The molecule has 0 radical (unpaired) electrons. The van der Waals surface area contributed by atoms with Gasteiger partial charge in [0.1, 0.15) is 0 Å². The SMILES string of the molecule is C#CCNC(=O)Nc1ccc(C)c(Cl)c1. The van der Waals surface area contributed by atoms with Crippen LogP contribution in [0.4, 0.5) is 10.5 Å². The van der Waals surface area contributed by atoms with Gasteiger partial charge in [0.15, 0.2) is 0 Å². The topological polar surface area (TPSA) is 41.1 Å². The van der Waals surface area contributed by atoms with Crippen molar-refractivity contribution in [2.75, 3.05) is 11.9 Å². The Bertz CT molecular complexity index is 410. The molecule has 0 aliphatic rings. The number of benzene rings is 1. The van der Waals surface area contributed by atoms with Gasteiger partial charge in [-0.15, -0.1) is 6.42 Å². The first-order valence-corrected chi connectivity index (χ1v) is 4.75. The zero-order valence-electron chi connectivity index (χ0n) is 8.30. The lowest BCUT2D eigenvalue weighted by Gasteiger charge is -2.06. The Morgan fingerprint density at radius 2 is 2.33 bits per heavy atom. The minimum atomic E-state index is -0.340. The summed E-state index contributed by atoms with van der Waals surface area (Å²) in [6.45, 7) is 2.09. The van der Waals surface area contributed by atoms with E-state index in [1.165, 1.54) is 0 Å². The van der Waals surface area contributed by atoms with Crippen molar-refractivity contribution in [3.8, 4) is 12.3 Å². The number of rotatable bonds is 2. The lowest BCUT2D eigenvalue weighted by atomic mass is 10.2. The maximum Gasteiger partial charge on any atom is 0.319 e. The second kappa shape index (κ2) is 5.28. The molecule has 1 aromatic carbocycles. The summed E-state index contributed by atoms with van der Waals surface area (Å²) in [4.78, 5) is 11.2. The fourth-order valence-corrected chi connectivity index (χ4v) is 1.16. The Balaban J connectivity index is 2.62. The highest BCUT2D eigenvalue weighted by molar-refractivity contribution is 6.31. The largest absolute Gasteiger partial charge is 0.327 e. The van der Waals surface area contributed by atoms with Gasteiger partial charge in [-0.25, -0.2) is 4.79 Å². The van der Waals surface area contributed by atoms with Gasteiger partial charge in [0.25, 0.3) is 0 Å². The number of terminal acetylenes is 1. The molecule has 0 saturated carbocycles. The molecule has 2 N–H and O–H groups in total. The van der Waals surface area contributed by atoms with Gasteiger partial charge in [-0.05, 0) is 24.6 Å². The third-order valence-corrected chi connectivity index (χ3v) is 2.19. The second-order valence-corrected chi connectivity index (χ2v) is 3.38. The van der Waals surface area contributed by atoms with Gasteiger partial charge < -0.3 is 10.6 Å². The molecule has 0 spiro atoms. The van der Waals surface area contributed by atoms with Gasteiger partial charge in [0.05, 0.1) is 6.54 Å². The molecular weight excluding hydrogens is 212 g/mol. The molecule has 78 valence electrons. The molecular formula is C11H11ClN2O. The van der Waals surface area contributed by atoms with Crippen LogP contribution in [0.2, 0.25) is 5.02 Å². The van der Waals surface area contributed by atoms with Crippen LogP contribution in [0.5, 0.6) is 0 Å². The summed E-state index contributed by atoms with van der Waals surface area (Å²) in [6, 6.07) is 4.95. The lowest BCUT2D eigenvalue weighted by molar-refractivity contribution is 0.253. The number of amides is 2. The molecule has 0 aromatic heterocycles. The molecule has 0 aliphatic heterocycles. The van der Waals surface area contributed by atoms with E-state index in [4.69, 9.17) is 18.0 Å². The Labute approximate surface area is 93.8 Å². The normalized spacial score (nSPS) is 9.13. The average molecular weight is 223 g/mol. The Kier molecular flexibility index (Phi) is 4.02.